The summed E-state index contributed by atoms with van der Waals surface area (Å²) in [4.78, 5) is 53.0. The third-order valence-electron chi connectivity index (χ3n) is 9.55. The van der Waals surface area contributed by atoms with Crippen LogP contribution in [0.15, 0.2) is 24.0 Å². The molecule has 2 amide bonds. The Kier molecular flexibility index (Phi) is 9.28. The molecule has 6 atom stereocenters. The Morgan fingerprint density at radius 2 is 1.89 bits per heavy atom. The summed E-state index contributed by atoms with van der Waals surface area (Å²) in [6, 6.07) is 2.40. The highest BCUT2D eigenvalue weighted by Crippen LogP contribution is 2.65. The van der Waals surface area contributed by atoms with Gasteiger partial charge in [0.1, 0.15) is 17.4 Å². The molecule has 5 rings (SSSR count). The third kappa shape index (κ3) is 6.39. The van der Waals surface area contributed by atoms with E-state index in [4.69, 9.17) is 18.9 Å². The summed E-state index contributed by atoms with van der Waals surface area (Å²) in [7, 11) is 1.98. The number of ether oxygens (including phenoxy) is 4. The summed E-state index contributed by atoms with van der Waals surface area (Å²) in [5.74, 6) is -1.46. The van der Waals surface area contributed by atoms with Crippen molar-refractivity contribution in [2.75, 3.05) is 20.1 Å². The number of rotatable bonds is 10. The second-order valence-corrected chi connectivity index (χ2v) is 14.5. The maximum atomic E-state index is 13.2. The van der Waals surface area contributed by atoms with Gasteiger partial charge >= 0.3 is 18.0 Å². The quantitative estimate of drug-likeness (QED) is 0.215. The molecule has 0 aromatic heterocycles. The highest BCUT2D eigenvalue weighted by molar-refractivity contribution is 5.86. The Hall–Kier alpha value is -3.84. The minimum atomic E-state index is -1.27. The van der Waals surface area contributed by atoms with Crippen molar-refractivity contribution in [3.05, 3.63) is 35.1 Å². The van der Waals surface area contributed by atoms with Gasteiger partial charge in [-0.25, -0.2) is 9.59 Å². The Labute approximate surface area is 274 Å². The monoisotopic (exact) mass is 657 g/mol. The molecule has 258 valence electrons. The average Bonchev–Trinajstić information content (AvgIpc) is 3.32. The van der Waals surface area contributed by atoms with Crippen molar-refractivity contribution in [2.24, 2.45) is 5.92 Å². The number of likely N-dealkylation sites (tertiary alicyclic amines) is 1. The number of carbonyl (C=O) groups is 4. The largest absolute Gasteiger partial charge is 0.504 e. The standard InChI is InChI=1S/C34H47N3O10/c1-18(2)16-21(36-31(42)47-32(4,5)6)29(40)35-14-11-25(39)44-19(3)30(41)45-23-10-12-34(43)24-17-20-8-9-22(38)27-26(20)33(34,28(23)46-27)13-15-37(24)7/h8-10,18-19,21,24,28,38,43H,11-17H2,1-7H3,(H,35,40)(H,36,42)/t19-,21-,24-,28-,33-,34+/m0/s1. The molecule has 0 radical (unpaired) electrons. The van der Waals surface area contributed by atoms with Crippen LogP contribution < -0.4 is 15.4 Å². The van der Waals surface area contributed by atoms with Crippen molar-refractivity contribution in [3.63, 3.8) is 0 Å². The molecule has 4 aliphatic rings. The molecule has 13 heteroatoms. The van der Waals surface area contributed by atoms with E-state index in [2.05, 4.69) is 15.5 Å². The van der Waals surface area contributed by atoms with Crippen LogP contribution in [0, 0.1) is 5.92 Å². The number of esters is 2. The molecule has 2 bridgehead atoms. The molecule has 2 aliphatic carbocycles. The number of phenolic OH excluding ortho intramolecular Hbond substituents is 1. The highest BCUT2D eigenvalue weighted by Gasteiger charge is 2.72. The van der Waals surface area contributed by atoms with Crippen molar-refractivity contribution in [3.8, 4) is 11.5 Å². The molecule has 0 unspecified atom stereocenters. The lowest BCUT2D eigenvalue weighted by molar-refractivity contribution is -0.175. The van der Waals surface area contributed by atoms with E-state index in [0.717, 1.165) is 11.1 Å². The smallest absolute Gasteiger partial charge is 0.408 e. The number of benzene rings is 1. The SMILES string of the molecule is CC(C)C[C@H](NC(=O)OC(C)(C)C)C(=O)NCCC(=O)O[C@@H](C)C(=O)OC1=CC[C@@]2(O)[C@@H]3Cc4ccc(O)c5c4[C@@]2(CCN3C)[C@H]1O5. The van der Waals surface area contributed by atoms with Crippen molar-refractivity contribution in [1.82, 2.24) is 15.5 Å². The van der Waals surface area contributed by atoms with Crippen LogP contribution in [0.3, 0.4) is 0 Å². The van der Waals surface area contributed by atoms with Crippen LogP contribution in [-0.4, -0.2) is 94.7 Å². The number of piperidine rings is 1. The molecule has 1 aromatic carbocycles. The first kappa shape index (κ1) is 34.5. The molecule has 2 heterocycles. The molecular weight excluding hydrogens is 610 g/mol. The number of aromatic hydroxyl groups is 1. The van der Waals surface area contributed by atoms with Gasteiger partial charge in [0.05, 0.1) is 17.4 Å². The summed E-state index contributed by atoms with van der Waals surface area (Å²) < 4.78 is 22.7. The molecule has 2 aliphatic heterocycles. The van der Waals surface area contributed by atoms with Gasteiger partial charge in [-0.3, -0.25) is 9.59 Å². The zero-order valence-corrected chi connectivity index (χ0v) is 28.2. The minimum absolute atomic E-state index is 0.0385. The summed E-state index contributed by atoms with van der Waals surface area (Å²) in [5, 5.41) is 28.1. The average molecular weight is 658 g/mol. The van der Waals surface area contributed by atoms with Crippen LogP contribution in [0.5, 0.6) is 11.5 Å². The zero-order chi connectivity index (χ0) is 34.5. The number of carbonyl (C=O) groups excluding carboxylic acids is 4. The molecule has 4 N–H and O–H groups in total. The fourth-order valence-corrected chi connectivity index (χ4v) is 7.50. The Balaban J connectivity index is 1.18. The van der Waals surface area contributed by atoms with E-state index in [1.165, 1.54) is 6.92 Å². The number of hydrogen-bond acceptors (Lipinski definition) is 11. The van der Waals surface area contributed by atoms with E-state index in [9.17, 15) is 29.4 Å². The lowest BCUT2D eigenvalue weighted by atomic mass is 9.50. The van der Waals surface area contributed by atoms with Gasteiger partial charge in [-0.15, -0.1) is 0 Å². The summed E-state index contributed by atoms with van der Waals surface area (Å²) >= 11 is 0. The number of aliphatic hydroxyl groups is 1. The lowest BCUT2D eigenvalue weighted by Gasteiger charge is -2.61. The van der Waals surface area contributed by atoms with Crippen molar-refractivity contribution >= 4 is 23.9 Å². The third-order valence-corrected chi connectivity index (χ3v) is 9.55. The number of likely N-dealkylation sites (N-methyl/N-ethyl adjacent to an activating group) is 1. The Morgan fingerprint density at radius 3 is 2.57 bits per heavy atom. The van der Waals surface area contributed by atoms with Crippen LogP contribution in [0.2, 0.25) is 0 Å². The predicted molar refractivity (Wildman–Crippen MR) is 168 cm³/mol. The Bertz CT molecular complexity index is 1470. The minimum Gasteiger partial charge on any atom is -0.504 e. The van der Waals surface area contributed by atoms with Crippen LogP contribution >= 0.6 is 0 Å². The number of phenols is 1. The molecule has 1 aromatic rings. The zero-order valence-electron chi connectivity index (χ0n) is 28.2. The summed E-state index contributed by atoms with van der Waals surface area (Å²) in [6.07, 6.45) is 0.299. The topological polar surface area (TPSA) is 173 Å². The number of nitrogens with zero attached hydrogens (tertiary/aromatic N) is 1. The second kappa shape index (κ2) is 12.6. The second-order valence-electron chi connectivity index (χ2n) is 14.5. The number of nitrogens with one attached hydrogen (secondary N) is 2. The number of alkyl carbamates (subject to hydrolysis) is 1. The van der Waals surface area contributed by atoms with Gasteiger partial charge in [-0.1, -0.05) is 19.9 Å². The van der Waals surface area contributed by atoms with E-state index in [0.29, 0.717) is 31.6 Å². The summed E-state index contributed by atoms with van der Waals surface area (Å²) in [5.41, 5.74) is -1.09. The van der Waals surface area contributed by atoms with Crippen molar-refractivity contribution in [2.45, 2.75) is 115 Å². The maximum absolute atomic E-state index is 13.2. The normalized spacial score (nSPS) is 27.0. The van der Waals surface area contributed by atoms with Gasteiger partial charge in [-0.05, 0) is 84.2 Å². The fraction of sp³-hybridized carbons (Fsp3) is 0.647. The van der Waals surface area contributed by atoms with Crippen molar-refractivity contribution in [1.29, 1.82) is 0 Å². The van der Waals surface area contributed by atoms with Crippen LogP contribution in [0.4, 0.5) is 4.79 Å². The predicted octanol–water partition coefficient (Wildman–Crippen LogP) is 2.59. The Morgan fingerprint density at radius 1 is 1.17 bits per heavy atom. The first-order chi connectivity index (χ1) is 22.0. The molecule has 1 spiro atoms. The van der Waals surface area contributed by atoms with E-state index >= 15 is 0 Å². The van der Waals surface area contributed by atoms with Gasteiger partial charge < -0.3 is 44.7 Å². The molecule has 1 fully saturated rings. The van der Waals surface area contributed by atoms with Crippen LogP contribution in [0.25, 0.3) is 0 Å². The molecule has 13 nitrogen and oxygen atoms in total. The van der Waals surface area contributed by atoms with Gasteiger partial charge in [0.2, 0.25) is 5.91 Å². The highest BCUT2D eigenvalue weighted by atomic mass is 16.6. The lowest BCUT2D eigenvalue weighted by Crippen LogP contribution is -2.74. The molecule has 0 saturated carbocycles. The maximum Gasteiger partial charge on any atom is 0.408 e. The first-order valence-electron chi connectivity index (χ1n) is 16.3. The fourth-order valence-electron chi connectivity index (χ4n) is 7.50. The van der Waals surface area contributed by atoms with E-state index in [1.54, 1.807) is 32.9 Å². The van der Waals surface area contributed by atoms with Crippen molar-refractivity contribution < 1.29 is 48.3 Å². The van der Waals surface area contributed by atoms with Gasteiger partial charge in [-0.2, -0.15) is 0 Å². The number of hydrogen-bond donors (Lipinski definition) is 4. The summed E-state index contributed by atoms with van der Waals surface area (Å²) in [6.45, 7) is 11.0. The van der Waals surface area contributed by atoms with E-state index < -0.39 is 58.8 Å². The van der Waals surface area contributed by atoms with Gasteiger partial charge in [0.25, 0.3) is 0 Å². The molecule has 1 saturated heterocycles. The molecular formula is C34H47N3O10. The van der Waals surface area contributed by atoms with E-state index in [-0.39, 0.29) is 42.9 Å². The van der Waals surface area contributed by atoms with Crippen LogP contribution in [0.1, 0.15) is 78.4 Å². The first-order valence-corrected chi connectivity index (χ1v) is 16.3. The van der Waals surface area contributed by atoms with Crippen LogP contribution in [-0.2, 0) is 40.4 Å². The van der Waals surface area contributed by atoms with Gasteiger partial charge in [0, 0.05) is 24.6 Å². The molecule has 47 heavy (non-hydrogen) atoms. The van der Waals surface area contributed by atoms with Gasteiger partial charge in [0.15, 0.2) is 23.7 Å². The van der Waals surface area contributed by atoms with E-state index in [1.807, 2.05) is 27.0 Å². The number of amides is 2.